The lowest BCUT2D eigenvalue weighted by molar-refractivity contribution is -0.119. The van der Waals surface area contributed by atoms with E-state index in [1.807, 2.05) is 56.3 Å². The number of ether oxygens (including phenoxy) is 1. The first-order valence-corrected chi connectivity index (χ1v) is 9.80. The topological polar surface area (TPSA) is 46.6 Å². The van der Waals surface area contributed by atoms with Crippen LogP contribution < -0.4 is 9.64 Å². The van der Waals surface area contributed by atoms with E-state index in [2.05, 4.69) is 0 Å². The quantitative estimate of drug-likeness (QED) is 0.771. The van der Waals surface area contributed by atoms with Crippen LogP contribution in [-0.2, 0) is 9.59 Å². The van der Waals surface area contributed by atoms with Crippen LogP contribution in [-0.4, -0.2) is 18.8 Å². The third-order valence-electron chi connectivity index (χ3n) is 5.80. The van der Waals surface area contributed by atoms with Crippen LogP contribution in [0.1, 0.15) is 48.3 Å². The second-order valence-electron chi connectivity index (χ2n) is 7.65. The van der Waals surface area contributed by atoms with Crippen molar-refractivity contribution >= 4 is 17.4 Å². The summed E-state index contributed by atoms with van der Waals surface area (Å²) in [5.41, 5.74) is 5.62. The number of carbonyl (C=O) groups is 2. The molecule has 0 bridgehead atoms. The third-order valence-corrected chi connectivity index (χ3v) is 5.80. The largest absolute Gasteiger partial charge is 0.496 e. The Morgan fingerprint density at radius 1 is 1.04 bits per heavy atom. The number of nitrogens with zero attached hydrogens (tertiary/aromatic N) is 1. The number of methoxy groups -OCH3 is 1. The maximum Gasteiger partial charge on any atom is 0.232 e. The van der Waals surface area contributed by atoms with E-state index in [9.17, 15) is 9.59 Å². The minimum absolute atomic E-state index is 0.0399. The van der Waals surface area contributed by atoms with Crippen molar-refractivity contribution in [1.82, 2.24) is 0 Å². The van der Waals surface area contributed by atoms with E-state index in [0.29, 0.717) is 6.42 Å². The summed E-state index contributed by atoms with van der Waals surface area (Å²) in [4.78, 5) is 28.2. The van der Waals surface area contributed by atoms with Crippen LogP contribution >= 0.6 is 0 Å². The van der Waals surface area contributed by atoms with E-state index < -0.39 is 0 Å². The van der Waals surface area contributed by atoms with Gasteiger partial charge in [0.2, 0.25) is 5.91 Å². The molecule has 1 amide bonds. The Labute approximate surface area is 165 Å². The number of anilines is 1. The first-order chi connectivity index (χ1) is 13.5. The van der Waals surface area contributed by atoms with Gasteiger partial charge in [-0.3, -0.25) is 14.5 Å². The predicted octanol–water partition coefficient (Wildman–Crippen LogP) is 4.84. The molecule has 0 radical (unpaired) electrons. The van der Waals surface area contributed by atoms with Gasteiger partial charge in [0.05, 0.1) is 12.8 Å². The number of hydrogen-bond acceptors (Lipinski definition) is 3. The van der Waals surface area contributed by atoms with Crippen LogP contribution in [0.4, 0.5) is 5.69 Å². The number of benzene rings is 2. The zero-order valence-electron chi connectivity index (χ0n) is 16.6. The first kappa shape index (κ1) is 18.5. The molecule has 1 atom stereocenters. The average Bonchev–Trinajstić information content (AvgIpc) is 2.69. The molecule has 0 aromatic heterocycles. The van der Waals surface area contributed by atoms with Gasteiger partial charge in [0.25, 0.3) is 0 Å². The van der Waals surface area contributed by atoms with E-state index in [4.69, 9.17) is 4.74 Å². The van der Waals surface area contributed by atoms with Gasteiger partial charge < -0.3 is 4.74 Å². The molecule has 2 aromatic carbocycles. The zero-order chi connectivity index (χ0) is 19.8. The second-order valence-corrected chi connectivity index (χ2v) is 7.65. The third kappa shape index (κ3) is 3.03. The summed E-state index contributed by atoms with van der Waals surface area (Å²) in [6.45, 7) is 4.04. The van der Waals surface area contributed by atoms with Gasteiger partial charge in [0.15, 0.2) is 5.78 Å². The monoisotopic (exact) mass is 375 g/mol. The van der Waals surface area contributed by atoms with Gasteiger partial charge in [-0.15, -0.1) is 0 Å². The minimum Gasteiger partial charge on any atom is -0.496 e. The highest BCUT2D eigenvalue weighted by molar-refractivity contribution is 6.07. The van der Waals surface area contributed by atoms with Crippen LogP contribution in [0.15, 0.2) is 53.7 Å². The molecule has 0 saturated carbocycles. The lowest BCUT2D eigenvalue weighted by Crippen LogP contribution is -2.41. The lowest BCUT2D eigenvalue weighted by Gasteiger charge is -2.39. The van der Waals surface area contributed by atoms with Gasteiger partial charge in [-0.1, -0.05) is 30.3 Å². The molecule has 144 valence electrons. The van der Waals surface area contributed by atoms with Gasteiger partial charge >= 0.3 is 0 Å². The Kier molecular flexibility index (Phi) is 4.80. The first-order valence-electron chi connectivity index (χ1n) is 9.80. The van der Waals surface area contributed by atoms with Crippen molar-refractivity contribution in [2.24, 2.45) is 0 Å². The molecular formula is C24H25NO3. The summed E-state index contributed by atoms with van der Waals surface area (Å²) in [6, 6.07) is 13.8. The standard InChI is InChI=1S/C24H25NO3/c1-15-11-12-16(2)20(13-15)25-19-8-6-9-21(26)24(19)18(14-23(25)27)17-7-4-5-10-22(17)28-3/h4-5,7,10-13,18H,6,8-9,14H2,1-3H3. The van der Waals surface area contributed by atoms with Crippen molar-refractivity contribution in [1.29, 1.82) is 0 Å². The molecule has 28 heavy (non-hydrogen) atoms. The number of aryl methyl sites for hydroxylation is 2. The summed E-state index contributed by atoms with van der Waals surface area (Å²) in [5, 5.41) is 0. The highest BCUT2D eigenvalue weighted by Crippen LogP contribution is 2.46. The van der Waals surface area contributed by atoms with Crippen LogP contribution in [0.2, 0.25) is 0 Å². The van der Waals surface area contributed by atoms with Crippen molar-refractivity contribution in [2.45, 2.75) is 45.4 Å². The fourth-order valence-electron chi connectivity index (χ4n) is 4.45. The summed E-state index contributed by atoms with van der Waals surface area (Å²) < 4.78 is 5.54. The minimum atomic E-state index is -0.243. The van der Waals surface area contributed by atoms with Crippen molar-refractivity contribution in [3.05, 3.63) is 70.4 Å². The smallest absolute Gasteiger partial charge is 0.232 e. The summed E-state index contributed by atoms with van der Waals surface area (Å²) in [6.07, 6.45) is 2.34. The molecule has 2 aliphatic rings. The molecule has 1 heterocycles. The number of ketones is 1. The molecule has 0 spiro atoms. The molecule has 0 fully saturated rings. The molecule has 4 rings (SSSR count). The maximum absolute atomic E-state index is 13.3. The number of rotatable bonds is 3. The summed E-state index contributed by atoms with van der Waals surface area (Å²) in [5.74, 6) is 0.677. The van der Waals surface area contributed by atoms with E-state index in [1.54, 1.807) is 12.0 Å². The van der Waals surface area contributed by atoms with Gasteiger partial charge in [-0.05, 0) is 49.9 Å². The van der Waals surface area contributed by atoms with Gasteiger partial charge in [-0.25, -0.2) is 0 Å². The van der Waals surface area contributed by atoms with Crippen LogP contribution in [0.25, 0.3) is 0 Å². The fraction of sp³-hybridized carbons (Fsp3) is 0.333. The Bertz CT molecular complexity index is 989. The van der Waals surface area contributed by atoms with Gasteiger partial charge in [-0.2, -0.15) is 0 Å². The Hall–Kier alpha value is -2.88. The fourth-order valence-corrected chi connectivity index (χ4v) is 4.45. The van der Waals surface area contributed by atoms with E-state index in [1.165, 1.54) is 0 Å². The average molecular weight is 375 g/mol. The Morgan fingerprint density at radius 3 is 2.61 bits per heavy atom. The zero-order valence-corrected chi connectivity index (χ0v) is 16.6. The highest BCUT2D eigenvalue weighted by Gasteiger charge is 2.40. The normalized spacial score (nSPS) is 19.7. The molecule has 4 heteroatoms. The van der Waals surface area contributed by atoms with E-state index in [0.717, 1.165) is 52.2 Å². The van der Waals surface area contributed by atoms with Crippen LogP contribution in [0, 0.1) is 13.8 Å². The van der Waals surface area contributed by atoms with Crippen molar-refractivity contribution in [3.63, 3.8) is 0 Å². The van der Waals surface area contributed by atoms with Crippen molar-refractivity contribution < 1.29 is 14.3 Å². The van der Waals surface area contributed by atoms with E-state index >= 15 is 0 Å². The van der Waals surface area contributed by atoms with E-state index in [-0.39, 0.29) is 24.0 Å². The van der Waals surface area contributed by atoms with Crippen LogP contribution in [0.3, 0.4) is 0 Å². The molecule has 1 aliphatic heterocycles. The molecule has 4 nitrogen and oxygen atoms in total. The molecule has 2 aromatic rings. The number of allylic oxidation sites excluding steroid dienone is 2. The number of hydrogen-bond donors (Lipinski definition) is 0. The number of Topliss-reactive ketones (excluding diaryl/α,β-unsaturated/α-hetero) is 1. The highest BCUT2D eigenvalue weighted by atomic mass is 16.5. The number of amides is 1. The van der Waals surface area contributed by atoms with Gasteiger partial charge in [0.1, 0.15) is 5.75 Å². The number of para-hydroxylation sites is 1. The Balaban J connectivity index is 1.91. The second kappa shape index (κ2) is 7.27. The maximum atomic E-state index is 13.3. The lowest BCUT2D eigenvalue weighted by atomic mass is 9.76. The Morgan fingerprint density at radius 2 is 1.82 bits per heavy atom. The molecule has 0 N–H and O–H groups in total. The molecular weight excluding hydrogens is 350 g/mol. The van der Waals surface area contributed by atoms with Crippen molar-refractivity contribution in [3.8, 4) is 5.75 Å². The molecule has 0 saturated heterocycles. The summed E-state index contributed by atoms with van der Waals surface area (Å²) >= 11 is 0. The molecule has 1 aliphatic carbocycles. The number of carbonyl (C=O) groups excluding carboxylic acids is 2. The summed E-state index contributed by atoms with van der Waals surface area (Å²) in [7, 11) is 1.63. The van der Waals surface area contributed by atoms with Crippen LogP contribution in [0.5, 0.6) is 5.75 Å². The van der Waals surface area contributed by atoms with Crippen molar-refractivity contribution in [2.75, 3.05) is 12.0 Å². The molecule has 1 unspecified atom stereocenters. The van der Waals surface area contributed by atoms with Gasteiger partial charge in [0, 0.05) is 35.6 Å². The predicted molar refractivity (Wildman–Crippen MR) is 110 cm³/mol. The SMILES string of the molecule is COc1ccccc1C1CC(=O)N(c2cc(C)ccc2C)C2=C1C(=O)CCC2.